The highest BCUT2D eigenvalue weighted by Crippen LogP contribution is 2.46. The summed E-state index contributed by atoms with van der Waals surface area (Å²) in [6.07, 6.45) is -10.1. The Morgan fingerprint density at radius 3 is 1.31 bits per heavy atom. The molecule has 9 heteroatoms. The molecule has 2 heterocycles. The predicted octanol–water partition coefficient (Wildman–Crippen LogP) is 11.5. The van der Waals surface area contributed by atoms with Gasteiger partial charge >= 0.3 is 12.4 Å². The first-order valence-corrected chi connectivity index (χ1v) is 14.9. The van der Waals surface area contributed by atoms with Gasteiger partial charge in [0.1, 0.15) is 6.07 Å². The van der Waals surface area contributed by atoms with Gasteiger partial charge in [0.15, 0.2) is 0 Å². The number of halogens is 6. The van der Waals surface area contributed by atoms with E-state index in [0.717, 1.165) is 27.6 Å². The molecule has 8 rings (SSSR count). The van der Waals surface area contributed by atoms with Crippen LogP contribution in [0.5, 0.6) is 0 Å². The molecule has 0 unspecified atom stereocenters. The lowest BCUT2D eigenvalue weighted by Crippen LogP contribution is -2.13. The highest BCUT2D eigenvalue weighted by molar-refractivity contribution is 6.11. The summed E-state index contributed by atoms with van der Waals surface area (Å²) in [7, 11) is 0. The van der Waals surface area contributed by atoms with E-state index in [-0.39, 0.29) is 22.9 Å². The summed E-state index contributed by atoms with van der Waals surface area (Å²) >= 11 is 0. The van der Waals surface area contributed by atoms with Gasteiger partial charge in [0.2, 0.25) is 0 Å². The smallest absolute Gasteiger partial charge is 0.309 e. The van der Waals surface area contributed by atoms with Gasteiger partial charge in [-0.05, 0) is 54.1 Å². The maximum atomic E-state index is 14.8. The van der Waals surface area contributed by atoms with Crippen LogP contribution in [0.15, 0.2) is 127 Å². The number of hydrogen-bond acceptors (Lipinski definition) is 1. The van der Waals surface area contributed by atoms with Gasteiger partial charge in [-0.3, -0.25) is 0 Å². The van der Waals surface area contributed by atoms with Crippen LogP contribution in [0.1, 0.15) is 16.7 Å². The lowest BCUT2D eigenvalue weighted by atomic mass is 9.93. The summed E-state index contributed by atoms with van der Waals surface area (Å²) in [6, 6.07) is 36.7. The lowest BCUT2D eigenvalue weighted by Gasteiger charge is -2.22. The van der Waals surface area contributed by atoms with Crippen molar-refractivity contribution in [1.82, 2.24) is 9.13 Å². The molecule has 0 spiro atoms. The molecule has 234 valence electrons. The monoisotopic (exact) mass is 645 g/mol. The van der Waals surface area contributed by atoms with Crippen molar-refractivity contribution >= 4 is 43.6 Å². The number of fused-ring (bicyclic) bond motifs is 6. The van der Waals surface area contributed by atoms with Gasteiger partial charge in [0.05, 0.1) is 50.1 Å². The van der Waals surface area contributed by atoms with E-state index in [1.54, 1.807) is 16.7 Å². The van der Waals surface area contributed by atoms with Gasteiger partial charge in [0, 0.05) is 27.1 Å². The molecule has 0 fully saturated rings. The van der Waals surface area contributed by atoms with Crippen LogP contribution in [-0.4, -0.2) is 9.13 Å². The molecule has 3 nitrogen and oxygen atoms in total. The molecule has 0 aliphatic carbocycles. The first kappa shape index (κ1) is 29.4. The van der Waals surface area contributed by atoms with Crippen molar-refractivity contribution in [3.63, 3.8) is 0 Å². The minimum Gasteiger partial charge on any atom is -0.309 e. The molecule has 0 aliphatic heterocycles. The van der Waals surface area contributed by atoms with E-state index in [4.69, 9.17) is 0 Å². The van der Waals surface area contributed by atoms with Crippen LogP contribution in [0.2, 0.25) is 0 Å². The molecule has 0 amide bonds. The van der Waals surface area contributed by atoms with Gasteiger partial charge in [0.25, 0.3) is 0 Å². The Labute approximate surface area is 269 Å². The number of alkyl halides is 6. The largest absolute Gasteiger partial charge is 0.417 e. The Bertz CT molecular complexity index is 2510. The molecular weight excluding hydrogens is 624 g/mol. The zero-order valence-corrected chi connectivity index (χ0v) is 24.7. The molecule has 6 aromatic carbocycles. The van der Waals surface area contributed by atoms with Crippen molar-refractivity contribution in [2.45, 2.75) is 12.4 Å². The zero-order chi connectivity index (χ0) is 33.4. The van der Waals surface area contributed by atoms with Crippen LogP contribution in [0, 0.1) is 11.3 Å². The van der Waals surface area contributed by atoms with Crippen molar-refractivity contribution in [1.29, 1.82) is 5.26 Å². The summed E-state index contributed by atoms with van der Waals surface area (Å²) in [5, 5.41) is 14.0. The Morgan fingerprint density at radius 2 is 0.896 bits per heavy atom. The van der Waals surface area contributed by atoms with E-state index in [1.807, 2.05) is 89.5 Å². The molecule has 0 saturated heterocycles. The van der Waals surface area contributed by atoms with Gasteiger partial charge in [-0.15, -0.1) is 0 Å². The molecule has 0 radical (unpaired) electrons. The standard InChI is InChI=1S/C39H21F6N3/c40-38(41,42)24-17-18-25(31(20-24)39(43,44)45)30-21-36(47-32-13-5-1-9-26(32)27-10-2-6-14-33(27)47)23(22-46)19-37(30)48-34-15-7-3-11-28(34)29-12-4-8-16-35(29)48/h1-21H. The summed E-state index contributed by atoms with van der Waals surface area (Å²) < 4.78 is 89.3. The molecule has 0 aliphatic rings. The SMILES string of the molecule is N#Cc1cc(-n2c3ccccc3c3ccccc32)c(-c2ccc(C(F)(F)F)cc2C(F)(F)F)cc1-n1c2ccccc2c2ccccc21. The van der Waals surface area contributed by atoms with Crippen molar-refractivity contribution in [3.8, 4) is 28.6 Å². The summed E-state index contributed by atoms with van der Waals surface area (Å²) in [5.41, 5.74) is 0.165. The molecule has 0 atom stereocenters. The van der Waals surface area contributed by atoms with Crippen LogP contribution in [-0.2, 0) is 12.4 Å². The van der Waals surface area contributed by atoms with Crippen molar-refractivity contribution in [3.05, 3.63) is 144 Å². The first-order chi connectivity index (χ1) is 23.1. The fourth-order valence-electron chi connectivity index (χ4n) is 6.81. The van der Waals surface area contributed by atoms with E-state index in [9.17, 15) is 31.6 Å². The van der Waals surface area contributed by atoms with Gasteiger partial charge in [-0.25, -0.2) is 0 Å². The quantitative estimate of drug-likeness (QED) is 0.176. The third-order valence-corrected chi connectivity index (χ3v) is 8.82. The minimum atomic E-state index is -5.13. The Kier molecular flexibility index (Phi) is 6.43. The zero-order valence-electron chi connectivity index (χ0n) is 24.7. The predicted molar refractivity (Wildman–Crippen MR) is 175 cm³/mol. The molecular formula is C39H21F6N3. The number of nitriles is 1. The Balaban J connectivity index is 1.56. The van der Waals surface area contributed by atoms with Crippen molar-refractivity contribution in [2.75, 3.05) is 0 Å². The minimum absolute atomic E-state index is 0.0124. The van der Waals surface area contributed by atoms with Crippen molar-refractivity contribution in [2.24, 2.45) is 0 Å². The van der Waals surface area contributed by atoms with Gasteiger partial charge in [-0.2, -0.15) is 31.6 Å². The first-order valence-electron chi connectivity index (χ1n) is 14.9. The maximum absolute atomic E-state index is 14.8. The maximum Gasteiger partial charge on any atom is 0.417 e. The van der Waals surface area contributed by atoms with Crippen LogP contribution >= 0.6 is 0 Å². The third kappa shape index (κ3) is 4.44. The second-order valence-electron chi connectivity index (χ2n) is 11.5. The molecule has 0 bridgehead atoms. The number of aromatic nitrogens is 2. The van der Waals surface area contributed by atoms with E-state index < -0.39 is 29.0 Å². The average Bonchev–Trinajstić information content (AvgIpc) is 3.60. The molecule has 0 N–H and O–H groups in total. The number of para-hydroxylation sites is 4. The average molecular weight is 646 g/mol. The fraction of sp³-hybridized carbons (Fsp3) is 0.0513. The second-order valence-corrected chi connectivity index (χ2v) is 11.5. The van der Waals surface area contributed by atoms with Crippen molar-refractivity contribution < 1.29 is 26.3 Å². The molecule has 8 aromatic rings. The van der Waals surface area contributed by atoms with Gasteiger partial charge in [-0.1, -0.05) is 78.9 Å². The fourth-order valence-corrected chi connectivity index (χ4v) is 6.81. The van der Waals surface area contributed by atoms with Gasteiger partial charge < -0.3 is 9.13 Å². The normalized spacial score (nSPS) is 12.4. The highest BCUT2D eigenvalue weighted by Gasteiger charge is 2.39. The van der Waals surface area contributed by atoms with Crippen LogP contribution < -0.4 is 0 Å². The number of rotatable bonds is 3. The number of hydrogen-bond donors (Lipinski definition) is 0. The summed E-state index contributed by atoms with van der Waals surface area (Å²) in [4.78, 5) is 0. The topological polar surface area (TPSA) is 33.6 Å². The molecule has 2 aromatic heterocycles. The lowest BCUT2D eigenvalue weighted by molar-refractivity contribution is -0.142. The van der Waals surface area contributed by atoms with Crippen LogP contribution in [0.3, 0.4) is 0 Å². The van der Waals surface area contributed by atoms with E-state index >= 15 is 0 Å². The highest BCUT2D eigenvalue weighted by atomic mass is 19.4. The van der Waals surface area contributed by atoms with Crippen LogP contribution in [0.25, 0.3) is 66.1 Å². The summed E-state index contributed by atoms with van der Waals surface area (Å²) in [5.74, 6) is 0. The Morgan fingerprint density at radius 1 is 0.458 bits per heavy atom. The van der Waals surface area contributed by atoms with Crippen LogP contribution in [0.4, 0.5) is 26.3 Å². The summed E-state index contributed by atoms with van der Waals surface area (Å²) in [6.45, 7) is 0. The molecule has 48 heavy (non-hydrogen) atoms. The van der Waals surface area contributed by atoms with E-state index in [2.05, 4.69) is 6.07 Å². The Hall–Kier alpha value is -6.01. The number of benzene rings is 6. The van der Waals surface area contributed by atoms with E-state index in [0.29, 0.717) is 33.8 Å². The molecule has 0 saturated carbocycles. The second kappa shape index (κ2) is 10.5. The number of nitrogens with zero attached hydrogens (tertiary/aromatic N) is 3. The van der Waals surface area contributed by atoms with E-state index in [1.165, 1.54) is 12.1 Å². The third-order valence-electron chi connectivity index (χ3n) is 8.82.